The average molecular weight is 359 g/mol. The first-order chi connectivity index (χ1) is 11.3. The first kappa shape index (κ1) is 18.9. The molecule has 136 valence electrons. The van der Waals surface area contributed by atoms with E-state index in [1.807, 2.05) is 19.0 Å². The highest BCUT2D eigenvalue weighted by molar-refractivity contribution is 7.91. The summed E-state index contributed by atoms with van der Waals surface area (Å²) in [5.41, 5.74) is 0. The molecule has 0 spiro atoms. The van der Waals surface area contributed by atoms with Crippen molar-refractivity contribution in [3.8, 4) is 0 Å². The summed E-state index contributed by atoms with van der Waals surface area (Å²) in [5, 5.41) is 12.8. The van der Waals surface area contributed by atoms with Gasteiger partial charge in [-0.1, -0.05) is 0 Å². The van der Waals surface area contributed by atoms with Crippen molar-refractivity contribution in [3.63, 3.8) is 0 Å². The van der Waals surface area contributed by atoms with Crippen LogP contribution in [0.3, 0.4) is 0 Å². The van der Waals surface area contributed by atoms with Crippen LogP contribution in [0.5, 0.6) is 0 Å². The number of carbonyl (C=O) groups is 1. The summed E-state index contributed by atoms with van der Waals surface area (Å²) in [4.78, 5) is 15.9. The van der Waals surface area contributed by atoms with Gasteiger partial charge in [0.25, 0.3) is 0 Å². The van der Waals surface area contributed by atoms with Crippen molar-refractivity contribution in [2.24, 2.45) is 0 Å². The Morgan fingerprint density at radius 1 is 1.38 bits per heavy atom. The molecule has 1 aliphatic rings. The molecule has 0 bridgehead atoms. The lowest BCUT2D eigenvalue weighted by atomic mass is 10.1. The monoisotopic (exact) mass is 359 g/mol. The largest absolute Gasteiger partial charge is 0.467 e. The van der Waals surface area contributed by atoms with E-state index >= 15 is 0 Å². The third kappa shape index (κ3) is 5.59. The number of nitrogens with one attached hydrogen (secondary N) is 1. The molecular weight excluding hydrogens is 334 g/mol. The predicted molar refractivity (Wildman–Crippen MR) is 89.1 cm³/mol. The van der Waals surface area contributed by atoms with Gasteiger partial charge in [0.15, 0.2) is 9.84 Å². The molecule has 0 radical (unpaired) electrons. The average Bonchev–Trinajstić information content (AvgIpc) is 3.08. The van der Waals surface area contributed by atoms with Crippen LogP contribution in [0.25, 0.3) is 0 Å². The highest BCUT2D eigenvalue weighted by Gasteiger charge is 2.40. The number of likely N-dealkylation sites (N-methyl/N-ethyl adjacent to an activating group) is 1. The van der Waals surface area contributed by atoms with Gasteiger partial charge in [-0.15, -0.1) is 0 Å². The summed E-state index contributed by atoms with van der Waals surface area (Å²) < 4.78 is 28.7. The topological polar surface area (TPSA) is 103 Å². The summed E-state index contributed by atoms with van der Waals surface area (Å²) in [7, 11) is 0.536. The normalized spacial score (nSPS) is 23.0. The van der Waals surface area contributed by atoms with Crippen molar-refractivity contribution in [2.45, 2.75) is 18.7 Å². The van der Waals surface area contributed by atoms with Crippen LogP contribution in [-0.4, -0.2) is 86.6 Å². The lowest BCUT2D eigenvalue weighted by Crippen LogP contribution is -2.49. The molecule has 8 nitrogen and oxygen atoms in total. The van der Waals surface area contributed by atoms with Gasteiger partial charge in [0.05, 0.1) is 43.0 Å². The molecule has 2 N–H and O–H groups in total. The Balaban J connectivity index is 1.96. The lowest BCUT2D eigenvalue weighted by Gasteiger charge is -2.30. The van der Waals surface area contributed by atoms with Crippen LogP contribution in [0.2, 0.25) is 0 Å². The van der Waals surface area contributed by atoms with Gasteiger partial charge < -0.3 is 19.7 Å². The number of amides is 1. The smallest absolute Gasteiger partial charge is 0.234 e. The van der Waals surface area contributed by atoms with Crippen LogP contribution in [0.4, 0.5) is 0 Å². The van der Waals surface area contributed by atoms with E-state index in [2.05, 4.69) is 5.32 Å². The van der Waals surface area contributed by atoms with E-state index in [-0.39, 0.29) is 30.5 Å². The van der Waals surface area contributed by atoms with E-state index < -0.39 is 22.0 Å². The molecule has 0 saturated carbocycles. The molecule has 2 atom stereocenters. The first-order valence-corrected chi connectivity index (χ1v) is 9.65. The number of furan rings is 1. The Kier molecular flexibility index (Phi) is 6.39. The van der Waals surface area contributed by atoms with Crippen molar-refractivity contribution in [2.75, 3.05) is 45.2 Å². The quantitative estimate of drug-likeness (QED) is 0.608. The Bertz CT molecular complexity index is 630. The van der Waals surface area contributed by atoms with Gasteiger partial charge in [-0.2, -0.15) is 0 Å². The minimum atomic E-state index is -3.26. The molecule has 1 aliphatic heterocycles. The second-order valence-electron chi connectivity index (χ2n) is 6.34. The molecule has 1 aromatic heterocycles. The third-order valence-electron chi connectivity index (χ3n) is 3.98. The maximum Gasteiger partial charge on any atom is 0.234 e. The Morgan fingerprint density at radius 2 is 2.12 bits per heavy atom. The number of hydrogen-bond acceptors (Lipinski definition) is 7. The molecule has 0 aromatic carbocycles. The van der Waals surface area contributed by atoms with E-state index in [0.29, 0.717) is 18.8 Å². The standard InChI is InChI=1S/C15H25N3O5S/c1-17(2)5-6-18(13-10-24(21,22)11-14(13)19)9-15(20)16-8-12-4-3-7-23-12/h3-4,7,13-14,19H,5-6,8-11H2,1-2H3,(H,16,20). The van der Waals surface area contributed by atoms with E-state index in [1.54, 1.807) is 17.0 Å². The zero-order valence-corrected chi connectivity index (χ0v) is 14.8. The number of aliphatic hydroxyl groups is 1. The van der Waals surface area contributed by atoms with Crippen LogP contribution in [0.15, 0.2) is 22.8 Å². The molecule has 24 heavy (non-hydrogen) atoms. The molecule has 1 saturated heterocycles. The van der Waals surface area contributed by atoms with Gasteiger partial charge in [-0.25, -0.2) is 8.42 Å². The molecule has 2 rings (SSSR count). The predicted octanol–water partition coefficient (Wildman–Crippen LogP) is -1.08. The SMILES string of the molecule is CN(C)CCN(CC(=O)NCc1ccco1)C1CS(=O)(=O)CC1O. The van der Waals surface area contributed by atoms with E-state index in [9.17, 15) is 18.3 Å². The molecule has 0 aliphatic carbocycles. The van der Waals surface area contributed by atoms with Gasteiger partial charge >= 0.3 is 0 Å². The van der Waals surface area contributed by atoms with Crippen molar-refractivity contribution < 1.29 is 22.7 Å². The van der Waals surface area contributed by atoms with Crippen molar-refractivity contribution in [3.05, 3.63) is 24.2 Å². The minimum Gasteiger partial charge on any atom is -0.467 e. The Hall–Kier alpha value is -1.42. The summed E-state index contributed by atoms with van der Waals surface area (Å²) in [5.74, 6) is 0.0466. The molecule has 1 fully saturated rings. The molecule has 2 unspecified atom stereocenters. The first-order valence-electron chi connectivity index (χ1n) is 7.83. The number of carbonyl (C=O) groups excluding carboxylic acids is 1. The van der Waals surface area contributed by atoms with Crippen molar-refractivity contribution in [1.82, 2.24) is 15.1 Å². The third-order valence-corrected chi connectivity index (χ3v) is 5.68. The van der Waals surface area contributed by atoms with Gasteiger partial charge in [0.1, 0.15) is 5.76 Å². The number of rotatable bonds is 8. The van der Waals surface area contributed by atoms with Gasteiger partial charge in [-0.05, 0) is 26.2 Å². The van der Waals surface area contributed by atoms with E-state index in [0.717, 1.165) is 0 Å². The maximum absolute atomic E-state index is 12.2. The second kappa shape index (κ2) is 8.11. The minimum absolute atomic E-state index is 0.0335. The Labute approximate surface area is 142 Å². The molecular formula is C15H25N3O5S. The number of hydrogen-bond donors (Lipinski definition) is 2. The second-order valence-corrected chi connectivity index (χ2v) is 8.50. The van der Waals surface area contributed by atoms with E-state index in [1.165, 1.54) is 6.26 Å². The van der Waals surface area contributed by atoms with Gasteiger partial charge in [-0.3, -0.25) is 9.69 Å². The maximum atomic E-state index is 12.2. The summed E-state index contributed by atoms with van der Waals surface area (Å²) in [6.45, 7) is 1.47. The van der Waals surface area contributed by atoms with Crippen LogP contribution in [-0.2, 0) is 21.2 Å². The van der Waals surface area contributed by atoms with Crippen LogP contribution >= 0.6 is 0 Å². The Morgan fingerprint density at radius 3 is 2.67 bits per heavy atom. The van der Waals surface area contributed by atoms with Crippen LogP contribution < -0.4 is 5.32 Å². The summed E-state index contributed by atoms with van der Waals surface area (Å²) in [6.07, 6.45) is 0.569. The fourth-order valence-corrected chi connectivity index (χ4v) is 4.52. The fourth-order valence-electron chi connectivity index (χ4n) is 2.69. The lowest BCUT2D eigenvalue weighted by molar-refractivity contribution is -0.123. The highest BCUT2D eigenvalue weighted by Crippen LogP contribution is 2.18. The molecule has 2 heterocycles. The highest BCUT2D eigenvalue weighted by atomic mass is 32.2. The zero-order chi connectivity index (χ0) is 17.7. The molecule has 1 aromatic rings. The van der Waals surface area contributed by atoms with Gasteiger partial charge in [0.2, 0.25) is 5.91 Å². The molecule has 9 heteroatoms. The zero-order valence-electron chi connectivity index (χ0n) is 14.0. The number of aliphatic hydroxyl groups excluding tert-OH is 1. The van der Waals surface area contributed by atoms with Crippen LogP contribution in [0, 0.1) is 0 Å². The fraction of sp³-hybridized carbons (Fsp3) is 0.667. The number of sulfone groups is 1. The molecule has 1 amide bonds. The van der Waals surface area contributed by atoms with Crippen molar-refractivity contribution >= 4 is 15.7 Å². The summed E-state index contributed by atoms with van der Waals surface area (Å²) >= 11 is 0. The van der Waals surface area contributed by atoms with Gasteiger partial charge in [0, 0.05) is 13.1 Å². The van der Waals surface area contributed by atoms with Crippen LogP contribution in [0.1, 0.15) is 5.76 Å². The van der Waals surface area contributed by atoms with E-state index in [4.69, 9.17) is 4.42 Å². The number of nitrogens with zero attached hydrogens (tertiary/aromatic N) is 2. The van der Waals surface area contributed by atoms with Crippen molar-refractivity contribution in [1.29, 1.82) is 0 Å². The summed E-state index contributed by atoms with van der Waals surface area (Å²) in [6, 6.07) is 2.95.